The Morgan fingerprint density at radius 3 is 2.21 bits per heavy atom. The number of urea groups is 1. The van der Waals surface area contributed by atoms with E-state index in [1.54, 1.807) is 65.6 Å². The quantitative estimate of drug-likeness (QED) is 0.444. The van der Waals surface area contributed by atoms with Gasteiger partial charge in [0.05, 0.1) is 18.2 Å². The normalized spacial score (nSPS) is 20.9. The van der Waals surface area contributed by atoms with Crippen molar-refractivity contribution < 1.29 is 9.90 Å². The molecular weight excluding hydrogens is 480 g/mol. The monoisotopic (exact) mass is 498 g/mol. The summed E-state index contributed by atoms with van der Waals surface area (Å²) in [5.74, 6) is 0. The summed E-state index contributed by atoms with van der Waals surface area (Å²) < 4.78 is 0.860. The van der Waals surface area contributed by atoms with E-state index in [4.69, 9.17) is 6.57 Å². The molecule has 0 bridgehead atoms. The van der Waals surface area contributed by atoms with Crippen LogP contribution in [0.3, 0.4) is 0 Å². The fourth-order valence-corrected chi connectivity index (χ4v) is 5.25. The maximum Gasteiger partial charge on any atom is 0.332 e. The molecule has 1 unspecified atom stereocenters. The molecule has 2 amide bonds. The van der Waals surface area contributed by atoms with Gasteiger partial charge >= 0.3 is 6.03 Å². The molecule has 7 heteroatoms. The van der Waals surface area contributed by atoms with Gasteiger partial charge in [-0.15, -0.1) is 0 Å². The van der Waals surface area contributed by atoms with Crippen molar-refractivity contribution in [3.63, 3.8) is 0 Å². The lowest BCUT2D eigenvalue weighted by atomic mass is 9.66. The molecule has 1 aliphatic heterocycles. The van der Waals surface area contributed by atoms with Gasteiger partial charge in [-0.2, -0.15) is 5.26 Å². The molecule has 1 heterocycles. The lowest BCUT2D eigenvalue weighted by Crippen LogP contribution is -2.63. The molecule has 2 fully saturated rings. The Hall–Kier alpha value is -3.65. The van der Waals surface area contributed by atoms with Crippen molar-refractivity contribution in [2.45, 2.75) is 30.5 Å². The third kappa shape index (κ3) is 2.97. The van der Waals surface area contributed by atoms with Crippen LogP contribution in [-0.2, 0) is 5.72 Å². The minimum atomic E-state index is -1.69. The molecule has 1 aliphatic carbocycles. The molecule has 3 aromatic rings. The predicted octanol–water partition coefficient (Wildman–Crippen LogP) is 6.09. The molecule has 2 aliphatic rings. The van der Waals surface area contributed by atoms with Crippen molar-refractivity contribution >= 4 is 39.0 Å². The average Bonchev–Trinajstić information content (AvgIpc) is 3.04. The smallest absolute Gasteiger partial charge is 0.332 e. The van der Waals surface area contributed by atoms with Gasteiger partial charge in [0.2, 0.25) is 0 Å². The SMILES string of the molecule is [C-]#[N+]c1cccc(C2(O)N(c3ccc(Br)cc3)C(=O)N(c3ccc(C#N)cc3)C23CCC3)c1. The van der Waals surface area contributed by atoms with E-state index < -0.39 is 11.3 Å². The second kappa shape index (κ2) is 7.74. The topological polar surface area (TPSA) is 71.9 Å². The fraction of sp³-hybridized carbons (Fsp3) is 0.192. The second-order valence-corrected chi connectivity index (χ2v) is 9.22. The summed E-state index contributed by atoms with van der Waals surface area (Å²) in [4.78, 5) is 20.7. The Balaban J connectivity index is 1.76. The Bertz CT molecular complexity index is 1320. The third-order valence-electron chi connectivity index (χ3n) is 6.68. The highest BCUT2D eigenvalue weighted by Gasteiger charge is 2.70. The maximum atomic E-state index is 14.1. The molecule has 1 saturated carbocycles. The Morgan fingerprint density at radius 2 is 1.64 bits per heavy atom. The van der Waals surface area contributed by atoms with Crippen molar-refractivity contribution in [1.82, 2.24) is 0 Å². The highest BCUT2D eigenvalue weighted by molar-refractivity contribution is 9.10. The summed E-state index contributed by atoms with van der Waals surface area (Å²) in [6.07, 6.45) is 2.06. The van der Waals surface area contributed by atoms with Gasteiger partial charge in [0.15, 0.2) is 11.4 Å². The minimum absolute atomic E-state index is 0.350. The van der Waals surface area contributed by atoms with E-state index in [1.807, 2.05) is 12.1 Å². The van der Waals surface area contributed by atoms with Crippen LogP contribution in [0.25, 0.3) is 4.85 Å². The number of benzene rings is 3. The Labute approximate surface area is 200 Å². The van der Waals surface area contributed by atoms with E-state index >= 15 is 0 Å². The van der Waals surface area contributed by atoms with Crippen LogP contribution in [0.5, 0.6) is 0 Å². The molecule has 1 N–H and O–H groups in total. The van der Waals surface area contributed by atoms with Gasteiger partial charge in [-0.1, -0.05) is 34.1 Å². The summed E-state index contributed by atoms with van der Waals surface area (Å²) in [5.41, 5.74) is -0.0210. The number of anilines is 2. The molecule has 5 rings (SSSR count). The molecule has 0 radical (unpaired) electrons. The van der Waals surface area contributed by atoms with Crippen LogP contribution in [0.4, 0.5) is 21.9 Å². The van der Waals surface area contributed by atoms with Crippen LogP contribution in [0.2, 0.25) is 0 Å². The molecular formula is C26H19BrN4O2. The summed E-state index contributed by atoms with van der Waals surface area (Å²) in [5, 5.41) is 21.7. The van der Waals surface area contributed by atoms with Crippen LogP contribution in [0.1, 0.15) is 30.4 Å². The van der Waals surface area contributed by atoms with Crippen LogP contribution in [0, 0.1) is 17.9 Å². The lowest BCUT2D eigenvalue weighted by Gasteiger charge is -2.52. The number of rotatable bonds is 3. The molecule has 6 nitrogen and oxygen atoms in total. The van der Waals surface area contributed by atoms with Crippen molar-refractivity contribution in [3.8, 4) is 6.07 Å². The van der Waals surface area contributed by atoms with E-state index in [0.717, 1.165) is 10.9 Å². The summed E-state index contributed by atoms with van der Waals surface area (Å²) >= 11 is 3.43. The van der Waals surface area contributed by atoms with Crippen molar-refractivity contribution in [3.05, 3.63) is 99.8 Å². The highest BCUT2D eigenvalue weighted by atomic mass is 79.9. The van der Waals surface area contributed by atoms with Crippen molar-refractivity contribution in [2.24, 2.45) is 0 Å². The first-order valence-corrected chi connectivity index (χ1v) is 11.3. The summed E-state index contributed by atoms with van der Waals surface area (Å²) in [6, 6.07) is 22.7. The molecule has 33 heavy (non-hydrogen) atoms. The van der Waals surface area contributed by atoms with Crippen LogP contribution in [-0.4, -0.2) is 16.7 Å². The van der Waals surface area contributed by atoms with Gasteiger partial charge in [-0.05, 0) is 79.4 Å². The van der Waals surface area contributed by atoms with E-state index in [2.05, 4.69) is 26.8 Å². The largest absolute Gasteiger partial charge is 0.365 e. The molecule has 0 aromatic heterocycles. The molecule has 1 atom stereocenters. The second-order valence-electron chi connectivity index (χ2n) is 8.31. The fourth-order valence-electron chi connectivity index (χ4n) is 4.99. The highest BCUT2D eigenvalue weighted by Crippen LogP contribution is 2.59. The Kier molecular flexibility index (Phi) is 4.97. The number of nitriles is 1. The third-order valence-corrected chi connectivity index (χ3v) is 7.21. The van der Waals surface area contributed by atoms with Crippen LogP contribution in [0.15, 0.2) is 77.3 Å². The number of hydrogen-bond acceptors (Lipinski definition) is 3. The standard InChI is InChI=1S/C26H19BrN4O2/c1-29-21-5-2-4-19(16-21)26(33)25(14-3-15-25)30(22-10-6-18(17-28)7-11-22)24(32)31(26)23-12-8-20(27)9-13-23/h2,4-13,16,33H,3,14-15H2. The number of halogens is 1. The zero-order valence-corrected chi connectivity index (χ0v) is 19.2. The molecule has 3 aromatic carbocycles. The zero-order chi connectivity index (χ0) is 23.2. The van der Waals surface area contributed by atoms with E-state index in [1.165, 1.54) is 4.90 Å². The van der Waals surface area contributed by atoms with Gasteiger partial charge in [-0.25, -0.2) is 9.64 Å². The number of amides is 2. The first-order chi connectivity index (χ1) is 15.9. The number of carbonyl (C=O) groups is 1. The first kappa shape index (κ1) is 21.2. The van der Waals surface area contributed by atoms with Crippen molar-refractivity contribution in [2.75, 3.05) is 9.80 Å². The van der Waals surface area contributed by atoms with Gasteiger partial charge in [-0.3, -0.25) is 9.80 Å². The number of nitrogens with zero attached hydrogens (tertiary/aromatic N) is 4. The lowest BCUT2D eigenvalue weighted by molar-refractivity contribution is -0.0524. The molecule has 1 spiro atoms. The minimum Gasteiger partial charge on any atom is -0.365 e. The predicted molar refractivity (Wildman–Crippen MR) is 129 cm³/mol. The average molecular weight is 499 g/mol. The first-order valence-electron chi connectivity index (χ1n) is 10.6. The molecule has 162 valence electrons. The van der Waals surface area contributed by atoms with Gasteiger partial charge < -0.3 is 5.11 Å². The van der Waals surface area contributed by atoms with Gasteiger partial charge in [0.25, 0.3) is 0 Å². The number of aliphatic hydroxyl groups is 1. The Morgan fingerprint density at radius 1 is 1.00 bits per heavy atom. The van der Waals surface area contributed by atoms with E-state index in [0.29, 0.717) is 41.0 Å². The van der Waals surface area contributed by atoms with Crippen molar-refractivity contribution in [1.29, 1.82) is 5.26 Å². The number of hydrogen-bond donors (Lipinski definition) is 1. The van der Waals surface area contributed by atoms with Crippen LogP contribution >= 0.6 is 15.9 Å². The van der Waals surface area contributed by atoms with E-state index in [9.17, 15) is 15.2 Å². The zero-order valence-electron chi connectivity index (χ0n) is 17.6. The summed E-state index contributed by atoms with van der Waals surface area (Å²) in [7, 11) is 0. The van der Waals surface area contributed by atoms with Crippen LogP contribution < -0.4 is 9.80 Å². The number of carbonyl (C=O) groups excluding carboxylic acids is 1. The van der Waals surface area contributed by atoms with E-state index in [-0.39, 0.29) is 6.03 Å². The summed E-state index contributed by atoms with van der Waals surface area (Å²) in [6.45, 7) is 7.44. The van der Waals surface area contributed by atoms with Gasteiger partial charge in [0.1, 0.15) is 5.54 Å². The maximum absolute atomic E-state index is 14.1. The van der Waals surface area contributed by atoms with Gasteiger partial charge in [0, 0.05) is 15.8 Å². The molecule has 1 saturated heterocycles.